The molecule has 1 aliphatic heterocycles. The summed E-state index contributed by atoms with van der Waals surface area (Å²) in [5.74, 6) is 0.487. The Labute approximate surface area is 153 Å². The molecule has 1 fully saturated rings. The van der Waals surface area contributed by atoms with Gasteiger partial charge in [-0.15, -0.1) is 0 Å². The molecule has 1 saturated heterocycles. The van der Waals surface area contributed by atoms with Crippen LogP contribution in [0.1, 0.15) is 31.5 Å². The zero-order valence-electron chi connectivity index (χ0n) is 15.4. The van der Waals surface area contributed by atoms with Crippen LogP contribution < -0.4 is 5.69 Å². The maximum Gasteiger partial charge on any atom is 0.350 e. The van der Waals surface area contributed by atoms with Gasteiger partial charge in [0.25, 0.3) is 10.2 Å². The third-order valence-electron chi connectivity index (χ3n) is 4.88. The molecule has 3 rings (SSSR count). The van der Waals surface area contributed by atoms with Gasteiger partial charge >= 0.3 is 5.69 Å². The summed E-state index contributed by atoms with van der Waals surface area (Å²) in [6, 6.07) is 9.34. The van der Waals surface area contributed by atoms with Crippen LogP contribution in [0, 0.1) is 0 Å². The molecule has 1 aromatic heterocycles. The van der Waals surface area contributed by atoms with Crippen LogP contribution in [0.15, 0.2) is 35.1 Å². The molecule has 1 aromatic carbocycles. The van der Waals surface area contributed by atoms with E-state index in [-0.39, 0.29) is 11.6 Å². The molecular weight excluding hydrogens is 354 g/mol. The number of aryl methyl sites for hydroxylation is 1. The number of para-hydroxylation sites is 1. The molecule has 0 saturated carbocycles. The molecule has 2 aromatic rings. The standard InChI is InChI=1S/C17H25N5O3S/c1-4-19(2)26(24,25)21-12-8-9-14(13-21)16-18-20(3)17(23)22(16)15-10-6-5-7-11-15/h5-7,10-11,14H,4,8-9,12-13H2,1-3H3/t14-/m1/s1. The zero-order chi connectivity index (χ0) is 18.9. The minimum Gasteiger partial charge on any atom is -0.247 e. The first kappa shape index (κ1) is 18.8. The molecule has 0 N–H and O–H groups in total. The van der Waals surface area contributed by atoms with Gasteiger partial charge in [0.05, 0.1) is 5.69 Å². The second-order valence-corrected chi connectivity index (χ2v) is 8.59. The fourth-order valence-corrected chi connectivity index (χ4v) is 4.74. The van der Waals surface area contributed by atoms with E-state index in [0.29, 0.717) is 25.5 Å². The molecule has 0 radical (unpaired) electrons. The van der Waals surface area contributed by atoms with Crippen molar-refractivity contribution in [2.24, 2.45) is 7.05 Å². The van der Waals surface area contributed by atoms with Gasteiger partial charge in [-0.25, -0.2) is 14.0 Å². The van der Waals surface area contributed by atoms with Crippen LogP contribution in [-0.4, -0.2) is 58.1 Å². The third kappa shape index (κ3) is 3.34. The average molecular weight is 379 g/mol. The van der Waals surface area contributed by atoms with E-state index in [2.05, 4.69) is 5.10 Å². The predicted octanol–water partition coefficient (Wildman–Crippen LogP) is 0.947. The SMILES string of the molecule is CCN(C)S(=O)(=O)N1CCC[C@@H](c2nn(C)c(=O)n2-c2ccccc2)C1. The van der Waals surface area contributed by atoms with Crippen LogP contribution in [0.25, 0.3) is 5.69 Å². The lowest BCUT2D eigenvalue weighted by molar-refractivity contribution is 0.287. The highest BCUT2D eigenvalue weighted by Gasteiger charge is 2.34. The van der Waals surface area contributed by atoms with Crippen molar-refractivity contribution >= 4 is 10.2 Å². The Bertz CT molecular complexity index is 920. The van der Waals surface area contributed by atoms with Gasteiger partial charge in [-0.2, -0.15) is 22.1 Å². The Morgan fingerprint density at radius 2 is 1.96 bits per heavy atom. The smallest absolute Gasteiger partial charge is 0.247 e. The van der Waals surface area contributed by atoms with E-state index in [1.807, 2.05) is 37.3 Å². The van der Waals surface area contributed by atoms with Crippen LogP contribution in [0.5, 0.6) is 0 Å². The highest BCUT2D eigenvalue weighted by molar-refractivity contribution is 7.86. The van der Waals surface area contributed by atoms with Gasteiger partial charge in [-0.05, 0) is 25.0 Å². The monoisotopic (exact) mass is 379 g/mol. The number of hydrogen-bond acceptors (Lipinski definition) is 4. The van der Waals surface area contributed by atoms with E-state index in [0.717, 1.165) is 18.5 Å². The molecule has 0 bridgehead atoms. The number of rotatable bonds is 5. The Morgan fingerprint density at radius 3 is 2.62 bits per heavy atom. The van der Waals surface area contributed by atoms with Crippen molar-refractivity contribution in [2.45, 2.75) is 25.7 Å². The van der Waals surface area contributed by atoms with Crippen molar-refractivity contribution in [1.29, 1.82) is 0 Å². The molecule has 8 nitrogen and oxygen atoms in total. The largest absolute Gasteiger partial charge is 0.350 e. The van der Waals surface area contributed by atoms with E-state index in [1.165, 1.54) is 13.3 Å². The van der Waals surface area contributed by atoms with Crippen molar-refractivity contribution in [3.05, 3.63) is 46.6 Å². The second-order valence-electron chi connectivity index (χ2n) is 6.55. The molecular formula is C17H25N5O3S. The lowest BCUT2D eigenvalue weighted by Crippen LogP contribution is -2.46. The highest BCUT2D eigenvalue weighted by atomic mass is 32.2. The molecule has 142 valence electrons. The summed E-state index contributed by atoms with van der Waals surface area (Å²) in [7, 11) is -0.288. The summed E-state index contributed by atoms with van der Waals surface area (Å²) in [5.41, 5.74) is 0.517. The topological polar surface area (TPSA) is 80.4 Å². The van der Waals surface area contributed by atoms with Crippen LogP contribution >= 0.6 is 0 Å². The van der Waals surface area contributed by atoms with Crippen molar-refractivity contribution in [1.82, 2.24) is 23.0 Å². The summed E-state index contributed by atoms with van der Waals surface area (Å²) in [4.78, 5) is 12.6. The lowest BCUT2D eigenvalue weighted by atomic mass is 9.98. The Kier molecular flexibility index (Phi) is 5.31. The molecule has 0 spiro atoms. The number of piperidine rings is 1. The van der Waals surface area contributed by atoms with Crippen molar-refractivity contribution < 1.29 is 8.42 Å². The fraction of sp³-hybridized carbons (Fsp3) is 0.529. The number of nitrogens with zero attached hydrogens (tertiary/aromatic N) is 5. The first-order valence-corrected chi connectivity index (χ1v) is 10.2. The maximum absolute atomic E-state index is 12.7. The average Bonchev–Trinajstić information content (AvgIpc) is 2.96. The van der Waals surface area contributed by atoms with Gasteiger partial charge in [0.15, 0.2) is 0 Å². The third-order valence-corrected chi connectivity index (χ3v) is 6.91. The second kappa shape index (κ2) is 7.34. The summed E-state index contributed by atoms with van der Waals surface area (Å²) >= 11 is 0. The van der Waals surface area contributed by atoms with Gasteiger partial charge in [0.1, 0.15) is 5.82 Å². The zero-order valence-corrected chi connectivity index (χ0v) is 16.2. The van der Waals surface area contributed by atoms with Crippen molar-refractivity contribution in [3.8, 4) is 5.69 Å². The lowest BCUT2D eigenvalue weighted by Gasteiger charge is -2.33. The summed E-state index contributed by atoms with van der Waals surface area (Å²) in [6.07, 6.45) is 1.53. The van der Waals surface area contributed by atoms with E-state index in [1.54, 1.807) is 18.7 Å². The first-order valence-electron chi connectivity index (χ1n) is 8.79. The van der Waals surface area contributed by atoms with Gasteiger partial charge in [0.2, 0.25) is 0 Å². The van der Waals surface area contributed by atoms with E-state index in [9.17, 15) is 13.2 Å². The van der Waals surface area contributed by atoms with E-state index >= 15 is 0 Å². The predicted molar refractivity (Wildman–Crippen MR) is 99.6 cm³/mol. The van der Waals surface area contributed by atoms with Crippen molar-refractivity contribution in [3.63, 3.8) is 0 Å². The van der Waals surface area contributed by atoms with Crippen LogP contribution in [0.4, 0.5) is 0 Å². The van der Waals surface area contributed by atoms with Gasteiger partial charge in [0, 0.05) is 39.6 Å². The van der Waals surface area contributed by atoms with Crippen molar-refractivity contribution in [2.75, 3.05) is 26.7 Å². The molecule has 1 atom stereocenters. The highest BCUT2D eigenvalue weighted by Crippen LogP contribution is 2.28. The van der Waals surface area contributed by atoms with E-state index < -0.39 is 10.2 Å². The molecule has 0 amide bonds. The van der Waals surface area contributed by atoms with E-state index in [4.69, 9.17) is 0 Å². The first-order chi connectivity index (χ1) is 12.4. The summed E-state index contributed by atoms with van der Waals surface area (Å²) < 4.78 is 31.1. The molecule has 2 heterocycles. The molecule has 26 heavy (non-hydrogen) atoms. The maximum atomic E-state index is 12.7. The van der Waals surface area contributed by atoms with Gasteiger partial charge in [-0.1, -0.05) is 25.1 Å². The Hall–Kier alpha value is -1.97. The fourth-order valence-electron chi connectivity index (χ4n) is 3.29. The van der Waals surface area contributed by atoms with Gasteiger partial charge < -0.3 is 0 Å². The minimum atomic E-state index is -3.49. The summed E-state index contributed by atoms with van der Waals surface area (Å²) in [6.45, 7) is 3.05. The Morgan fingerprint density at radius 1 is 1.27 bits per heavy atom. The molecule has 0 aliphatic carbocycles. The van der Waals surface area contributed by atoms with Crippen LogP contribution in [-0.2, 0) is 17.3 Å². The molecule has 0 unspecified atom stereocenters. The van der Waals surface area contributed by atoms with Crippen LogP contribution in [0.3, 0.4) is 0 Å². The minimum absolute atomic E-state index is 0.127. The molecule has 1 aliphatic rings. The Balaban J connectivity index is 1.98. The quantitative estimate of drug-likeness (QED) is 0.775. The van der Waals surface area contributed by atoms with Gasteiger partial charge in [-0.3, -0.25) is 0 Å². The van der Waals surface area contributed by atoms with Crippen LogP contribution in [0.2, 0.25) is 0 Å². The number of benzene rings is 1. The number of hydrogen-bond donors (Lipinski definition) is 0. The molecule has 9 heteroatoms. The summed E-state index contributed by atoms with van der Waals surface area (Å²) in [5, 5.41) is 4.42. The normalized spacial score (nSPS) is 19.2. The number of aromatic nitrogens is 3.